The Hall–Kier alpha value is -2.69. The minimum atomic E-state index is -0.282. The van der Waals surface area contributed by atoms with E-state index in [-0.39, 0.29) is 17.6 Å². The number of aromatic nitrogens is 1. The van der Waals surface area contributed by atoms with Crippen LogP contribution in [-0.2, 0) is 11.2 Å². The molecule has 128 valence electrons. The molecule has 1 amide bonds. The number of nitrogens with zero attached hydrogens (tertiary/aromatic N) is 2. The van der Waals surface area contributed by atoms with Crippen molar-refractivity contribution in [2.45, 2.75) is 25.2 Å². The maximum absolute atomic E-state index is 12.9. The number of benzene rings is 2. The molecule has 0 saturated carbocycles. The monoisotopic (exact) mass is 338 g/mol. The van der Waals surface area contributed by atoms with E-state index in [1.807, 2.05) is 29.2 Å². The number of para-hydroxylation sites is 2. The number of carbonyl (C=O) groups is 1. The number of likely N-dealkylation sites (tertiary alicyclic amines) is 1. The van der Waals surface area contributed by atoms with Gasteiger partial charge in [0.1, 0.15) is 11.3 Å². The SMILES string of the molecule is O=C(Cc1ccc(F)cc1)N1CCC(c2nc3ccccc3o2)CC1. The molecule has 3 aromatic rings. The lowest BCUT2D eigenvalue weighted by Gasteiger charge is -2.30. The van der Waals surface area contributed by atoms with Gasteiger partial charge in [-0.1, -0.05) is 24.3 Å². The first-order valence-electron chi connectivity index (χ1n) is 8.57. The van der Waals surface area contributed by atoms with E-state index in [4.69, 9.17) is 4.42 Å². The Balaban J connectivity index is 1.37. The molecule has 0 unspecified atom stereocenters. The largest absolute Gasteiger partial charge is 0.440 e. The lowest BCUT2D eigenvalue weighted by molar-refractivity contribution is -0.131. The Morgan fingerprint density at radius 2 is 1.84 bits per heavy atom. The van der Waals surface area contributed by atoms with Crippen LogP contribution < -0.4 is 0 Å². The lowest BCUT2D eigenvalue weighted by atomic mass is 9.96. The number of hydrogen-bond acceptors (Lipinski definition) is 3. The molecule has 0 bridgehead atoms. The van der Waals surface area contributed by atoms with Crippen LogP contribution in [-0.4, -0.2) is 28.9 Å². The van der Waals surface area contributed by atoms with Crippen LogP contribution in [0.1, 0.15) is 30.2 Å². The molecule has 0 spiro atoms. The van der Waals surface area contributed by atoms with Gasteiger partial charge >= 0.3 is 0 Å². The zero-order valence-electron chi connectivity index (χ0n) is 13.8. The van der Waals surface area contributed by atoms with Crippen molar-refractivity contribution in [2.75, 3.05) is 13.1 Å². The highest BCUT2D eigenvalue weighted by molar-refractivity contribution is 5.79. The van der Waals surface area contributed by atoms with Gasteiger partial charge in [0.2, 0.25) is 5.91 Å². The number of carbonyl (C=O) groups excluding carboxylic acids is 1. The lowest BCUT2D eigenvalue weighted by Crippen LogP contribution is -2.38. The summed E-state index contributed by atoms with van der Waals surface area (Å²) in [6.45, 7) is 1.40. The maximum Gasteiger partial charge on any atom is 0.226 e. The second-order valence-electron chi connectivity index (χ2n) is 6.48. The number of rotatable bonds is 3. The molecule has 1 aromatic heterocycles. The van der Waals surface area contributed by atoms with Crippen LogP contribution in [0, 0.1) is 5.82 Å². The maximum atomic E-state index is 12.9. The molecule has 1 fully saturated rings. The van der Waals surface area contributed by atoms with Gasteiger partial charge in [-0.3, -0.25) is 4.79 Å². The van der Waals surface area contributed by atoms with E-state index in [0.717, 1.165) is 35.4 Å². The van der Waals surface area contributed by atoms with Crippen LogP contribution in [0.3, 0.4) is 0 Å². The Morgan fingerprint density at radius 3 is 2.56 bits per heavy atom. The first-order chi connectivity index (χ1) is 12.2. The van der Waals surface area contributed by atoms with Crippen molar-refractivity contribution in [3.8, 4) is 0 Å². The number of amides is 1. The summed E-state index contributed by atoms with van der Waals surface area (Å²) in [5.41, 5.74) is 2.53. The summed E-state index contributed by atoms with van der Waals surface area (Å²) in [5.74, 6) is 0.826. The fraction of sp³-hybridized carbons (Fsp3) is 0.300. The summed E-state index contributed by atoms with van der Waals surface area (Å²) < 4.78 is 18.8. The zero-order chi connectivity index (χ0) is 17.2. The molecule has 0 atom stereocenters. The number of hydrogen-bond donors (Lipinski definition) is 0. The van der Waals surface area contributed by atoms with Gasteiger partial charge in [0.25, 0.3) is 0 Å². The second-order valence-corrected chi connectivity index (χ2v) is 6.48. The normalized spacial score (nSPS) is 15.6. The van der Waals surface area contributed by atoms with Gasteiger partial charge in [-0.2, -0.15) is 0 Å². The van der Waals surface area contributed by atoms with Crippen molar-refractivity contribution < 1.29 is 13.6 Å². The molecule has 0 aliphatic carbocycles. The molecule has 4 rings (SSSR count). The molecule has 0 radical (unpaired) electrons. The third-order valence-electron chi connectivity index (χ3n) is 4.78. The molecule has 0 N–H and O–H groups in total. The van der Waals surface area contributed by atoms with Crippen LogP contribution in [0.2, 0.25) is 0 Å². The van der Waals surface area contributed by atoms with E-state index in [1.54, 1.807) is 12.1 Å². The van der Waals surface area contributed by atoms with E-state index in [1.165, 1.54) is 12.1 Å². The van der Waals surface area contributed by atoms with E-state index in [0.29, 0.717) is 19.5 Å². The number of piperidine rings is 1. The summed E-state index contributed by atoms with van der Waals surface area (Å²) in [6.07, 6.45) is 2.01. The van der Waals surface area contributed by atoms with E-state index < -0.39 is 0 Å². The highest BCUT2D eigenvalue weighted by Gasteiger charge is 2.27. The topological polar surface area (TPSA) is 46.3 Å². The fourth-order valence-electron chi connectivity index (χ4n) is 3.33. The second kappa shape index (κ2) is 6.67. The number of fused-ring (bicyclic) bond motifs is 1. The minimum Gasteiger partial charge on any atom is -0.440 e. The first kappa shape index (κ1) is 15.8. The third kappa shape index (κ3) is 3.40. The summed E-state index contributed by atoms with van der Waals surface area (Å²) >= 11 is 0. The van der Waals surface area contributed by atoms with Crippen molar-refractivity contribution in [3.63, 3.8) is 0 Å². The van der Waals surface area contributed by atoms with Crippen LogP contribution in [0.4, 0.5) is 4.39 Å². The summed E-state index contributed by atoms with van der Waals surface area (Å²) in [7, 11) is 0. The van der Waals surface area contributed by atoms with Crippen molar-refractivity contribution in [2.24, 2.45) is 0 Å². The van der Waals surface area contributed by atoms with Gasteiger partial charge in [0.15, 0.2) is 11.5 Å². The van der Waals surface area contributed by atoms with Gasteiger partial charge in [-0.25, -0.2) is 9.37 Å². The Labute approximate surface area is 145 Å². The number of oxazole rings is 1. The van der Waals surface area contributed by atoms with Crippen molar-refractivity contribution >= 4 is 17.0 Å². The molecule has 2 aromatic carbocycles. The predicted molar refractivity (Wildman–Crippen MR) is 92.7 cm³/mol. The Morgan fingerprint density at radius 1 is 1.12 bits per heavy atom. The van der Waals surface area contributed by atoms with Gasteiger partial charge in [-0.15, -0.1) is 0 Å². The molecule has 1 aliphatic rings. The Bertz CT molecular complexity index is 847. The summed E-state index contributed by atoms with van der Waals surface area (Å²) in [6, 6.07) is 13.9. The molecule has 1 saturated heterocycles. The summed E-state index contributed by atoms with van der Waals surface area (Å²) in [5, 5.41) is 0. The van der Waals surface area contributed by atoms with Gasteiger partial charge in [0.05, 0.1) is 6.42 Å². The highest BCUT2D eigenvalue weighted by atomic mass is 19.1. The summed E-state index contributed by atoms with van der Waals surface area (Å²) in [4.78, 5) is 18.9. The van der Waals surface area contributed by atoms with Crippen molar-refractivity contribution in [1.29, 1.82) is 0 Å². The molecule has 4 nitrogen and oxygen atoms in total. The smallest absolute Gasteiger partial charge is 0.226 e. The average Bonchev–Trinajstić information content (AvgIpc) is 3.08. The molecular weight excluding hydrogens is 319 g/mol. The van der Waals surface area contributed by atoms with Crippen molar-refractivity contribution in [3.05, 3.63) is 65.8 Å². The van der Waals surface area contributed by atoms with E-state index in [9.17, 15) is 9.18 Å². The number of halogens is 1. The minimum absolute atomic E-state index is 0.0858. The van der Waals surface area contributed by atoms with Gasteiger partial charge in [-0.05, 0) is 42.7 Å². The molecule has 5 heteroatoms. The van der Waals surface area contributed by atoms with Gasteiger partial charge < -0.3 is 9.32 Å². The molecule has 2 heterocycles. The third-order valence-corrected chi connectivity index (χ3v) is 4.78. The van der Waals surface area contributed by atoms with Crippen LogP contribution in [0.5, 0.6) is 0 Å². The highest BCUT2D eigenvalue weighted by Crippen LogP contribution is 2.30. The van der Waals surface area contributed by atoms with Gasteiger partial charge in [0, 0.05) is 19.0 Å². The standard InChI is InChI=1S/C20H19FN2O2/c21-16-7-5-14(6-8-16)13-19(24)23-11-9-15(10-12-23)20-22-17-3-1-2-4-18(17)25-20/h1-8,15H,9-13H2. The zero-order valence-corrected chi connectivity index (χ0v) is 13.8. The quantitative estimate of drug-likeness (QED) is 0.727. The van der Waals surface area contributed by atoms with Crippen molar-refractivity contribution in [1.82, 2.24) is 9.88 Å². The molecular formula is C20H19FN2O2. The predicted octanol–water partition coefficient (Wildman–Crippen LogP) is 3.92. The van der Waals surface area contributed by atoms with E-state index in [2.05, 4.69) is 4.98 Å². The van der Waals surface area contributed by atoms with Crippen LogP contribution >= 0.6 is 0 Å². The fourth-order valence-corrected chi connectivity index (χ4v) is 3.33. The molecule has 25 heavy (non-hydrogen) atoms. The Kier molecular flexibility index (Phi) is 4.22. The van der Waals surface area contributed by atoms with Crippen LogP contribution in [0.15, 0.2) is 52.9 Å². The average molecular weight is 338 g/mol. The molecule has 1 aliphatic heterocycles. The van der Waals surface area contributed by atoms with E-state index >= 15 is 0 Å². The van der Waals surface area contributed by atoms with Crippen LogP contribution in [0.25, 0.3) is 11.1 Å². The first-order valence-corrected chi connectivity index (χ1v) is 8.57.